The molecule has 0 aliphatic rings. The largest absolute Gasteiger partial charge is 0.493 e. The van der Waals surface area contributed by atoms with Crippen LogP contribution in [-0.2, 0) is 19.4 Å². The minimum Gasteiger partial charge on any atom is -0.493 e. The van der Waals surface area contributed by atoms with E-state index in [0.717, 1.165) is 18.4 Å². The van der Waals surface area contributed by atoms with Gasteiger partial charge in [0.1, 0.15) is 0 Å². The molecule has 0 unspecified atom stereocenters. The number of aryl methyl sites for hydroxylation is 1. The third-order valence-electron chi connectivity index (χ3n) is 3.64. The Kier molecular flexibility index (Phi) is 6.93. The first-order valence-electron chi connectivity index (χ1n) is 7.96. The number of ether oxygens (including phenoxy) is 2. The first kappa shape index (κ1) is 18.1. The number of amides is 2. The lowest BCUT2D eigenvalue weighted by atomic mass is 10.1. The maximum absolute atomic E-state index is 11.8. The van der Waals surface area contributed by atoms with E-state index < -0.39 is 0 Å². The van der Waals surface area contributed by atoms with Crippen molar-refractivity contribution in [3.63, 3.8) is 0 Å². The Morgan fingerprint density at radius 1 is 1.04 bits per heavy atom. The van der Waals surface area contributed by atoms with Gasteiger partial charge in [0.25, 0.3) is 0 Å². The van der Waals surface area contributed by atoms with Crippen molar-refractivity contribution < 1.29 is 14.3 Å². The number of benzene rings is 1. The summed E-state index contributed by atoms with van der Waals surface area (Å²) in [4.78, 5) is 14.3. The Morgan fingerprint density at radius 2 is 1.79 bits per heavy atom. The van der Waals surface area contributed by atoms with Crippen LogP contribution in [0.1, 0.15) is 22.2 Å². The number of hydrogen-bond donors (Lipinski definition) is 2. The molecule has 0 saturated carbocycles. The monoisotopic (exact) mass is 348 g/mol. The molecule has 5 nitrogen and oxygen atoms in total. The van der Waals surface area contributed by atoms with Gasteiger partial charge in [-0.3, -0.25) is 0 Å². The summed E-state index contributed by atoms with van der Waals surface area (Å²) in [5.74, 6) is 1.40. The standard InChI is InChI=1S/C18H24N2O3S/c1-4-14-6-7-15(24-14)12-20-18(21)19-10-9-13-5-8-16(22-2)17(11-13)23-3/h5-8,11H,4,9-10,12H2,1-3H3,(H2,19,20,21). The van der Waals surface area contributed by atoms with Gasteiger partial charge < -0.3 is 20.1 Å². The van der Waals surface area contributed by atoms with Crippen LogP contribution in [0.25, 0.3) is 0 Å². The molecule has 2 aromatic rings. The zero-order valence-corrected chi connectivity index (χ0v) is 15.2. The van der Waals surface area contributed by atoms with Gasteiger partial charge in [0, 0.05) is 16.3 Å². The van der Waals surface area contributed by atoms with Gasteiger partial charge in [0.05, 0.1) is 20.8 Å². The zero-order chi connectivity index (χ0) is 17.4. The molecule has 0 spiro atoms. The SMILES string of the molecule is CCc1ccc(CNC(=O)NCCc2ccc(OC)c(OC)c2)s1. The van der Waals surface area contributed by atoms with Crippen molar-refractivity contribution in [2.75, 3.05) is 20.8 Å². The summed E-state index contributed by atoms with van der Waals surface area (Å²) in [6, 6.07) is 9.79. The molecule has 0 fully saturated rings. The number of nitrogens with one attached hydrogen (secondary N) is 2. The molecular formula is C18H24N2O3S. The summed E-state index contributed by atoms with van der Waals surface area (Å²) in [5, 5.41) is 5.75. The molecule has 0 radical (unpaired) electrons. The molecule has 0 saturated heterocycles. The molecule has 6 heteroatoms. The molecule has 0 aliphatic carbocycles. The summed E-state index contributed by atoms with van der Waals surface area (Å²) >= 11 is 1.73. The predicted molar refractivity (Wildman–Crippen MR) is 97.2 cm³/mol. The fourth-order valence-electron chi connectivity index (χ4n) is 2.29. The Labute approximate surface area is 147 Å². The van der Waals surface area contributed by atoms with Crippen molar-refractivity contribution in [1.29, 1.82) is 0 Å². The van der Waals surface area contributed by atoms with Crippen LogP contribution in [-0.4, -0.2) is 26.8 Å². The molecule has 1 aromatic heterocycles. The van der Waals surface area contributed by atoms with Crippen molar-refractivity contribution in [1.82, 2.24) is 10.6 Å². The van der Waals surface area contributed by atoms with Gasteiger partial charge in [-0.2, -0.15) is 0 Å². The summed E-state index contributed by atoms with van der Waals surface area (Å²) in [5.41, 5.74) is 1.08. The highest BCUT2D eigenvalue weighted by Crippen LogP contribution is 2.27. The molecule has 1 aromatic carbocycles. The number of hydrogen-bond acceptors (Lipinski definition) is 4. The van der Waals surface area contributed by atoms with E-state index in [-0.39, 0.29) is 6.03 Å². The van der Waals surface area contributed by atoms with E-state index in [9.17, 15) is 4.79 Å². The number of carbonyl (C=O) groups excluding carboxylic acids is 1. The quantitative estimate of drug-likeness (QED) is 0.769. The van der Waals surface area contributed by atoms with Gasteiger partial charge in [0.2, 0.25) is 0 Å². The van der Waals surface area contributed by atoms with E-state index in [1.54, 1.807) is 25.6 Å². The second-order valence-electron chi connectivity index (χ2n) is 5.27. The summed E-state index contributed by atoms with van der Waals surface area (Å²) < 4.78 is 10.5. The van der Waals surface area contributed by atoms with Crippen LogP contribution in [0.3, 0.4) is 0 Å². The van der Waals surface area contributed by atoms with Gasteiger partial charge in [-0.15, -0.1) is 11.3 Å². The minimum atomic E-state index is -0.151. The highest BCUT2D eigenvalue weighted by Gasteiger charge is 2.06. The van der Waals surface area contributed by atoms with Crippen LogP contribution < -0.4 is 20.1 Å². The lowest BCUT2D eigenvalue weighted by Crippen LogP contribution is -2.36. The van der Waals surface area contributed by atoms with Crippen LogP contribution in [0.2, 0.25) is 0 Å². The molecular weight excluding hydrogens is 324 g/mol. The Bertz CT molecular complexity index is 670. The zero-order valence-electron chi connectivity index (χ0n) is 14.3. The fraction of sp³-hybridized carbons (Fsp3) is 0.389. The summed E-state index contributed by atoms with van der Waals surface area (Å²) in [7, 11) is 3.22. The van der Waals surface area contributed by atoms with E-state index >= 15 is 0 Å². The first-order chi connectivity index (χ1) is 11.7. The first-order valence-corrected chi connectivity index (χ1v) is 8.78. The fourth-order valence-corrected chi connectivity index (χ4v) is 3.19. The smallest absolute Gasteiger partial charge is 0.315 e. The molecule has 0 atom stereocenters. The highest BCUT2D eigenvalue weighted by atomic mass is 32.1. The maximum atomic E-state index is 11.8. The average Bonchev–Trinajstić information content (AvgIpc) is 3.08. The highest BCUT2D eigenvalue weighted by molar-refractivity contribution is 7.11. The summed E-state index contributed by atoms with van der Waals surface area (Å²) in [6.07, 6.45) is 1.76. The molecule has 1 heterocycles. The van der Waals surface area contributed by atoms with Gasteiger partial charge in [-0.1, -0.05) is 13.0 Å². The van der Waals surface area contributed by atoms with Crippen molar-refractivity contribution in [2.24, 2.45) is 0 Å². The normalized spacial score (nSPS) is 10.3. The third-order valence-corrected chi connectivity index (χ3v) is 4.87. The predicted octanol–water partition coefficient (Wildman–Crippen LogP) is 3.37. The second kappa shape index (κ2) is 9.17. The Morgan fingerprint density at radius 3 is 2.46 bits per heavy atom. The molecule has 2 N–H and O–H groups in total. The van der Waals surface area contributed by atoms with Gasteiger partial charge in [0.15, 0.2) is 11.5 Å². The van der Waals surface area contributed by atoms with Crippen molar-refractivity contribution in [3.8, 4) is 11.5 Å². The molecule has 2 amide bonds. The summed E-state index contributed by atoms with van der Waals surface area (Å²) in [6.45, 7) is 3.25. The van der Waals surface area contributed by atoms with E-state index in [4.69, 9.17) is 9.47 Å². The van der Waals surface area contributed by atoms with Crippen molar-refractivity contribution in [2.45, 2.75) is 26.3 Å². The van der Waals surface area contributed by atoms with E-state index in [2.05, 4.69) is 29.7 Å². The topological polar surface area (TPSA) is 59.6 Å². The lowest BCUT2D eigenvalue weighted by molar-refractivity contribution is 0.240. The molecule has 0 aliphatic heterocycles. The maximum Gasteiger partial charge on any atom is 0.315 e. The van der Waals surface area contributed by atoms with Crippen LogP contribution in [0.5, 0.6) is 11.5 Å². The van der Waals surface area contributed by atoms with E-state index in [1.807, 2.05) is 18.2 Å². The van der Waals surface area contributed by atoms with Crippen LogP contribution in [0, 0.1) is 0 Å². The molecule has 130 valence electrons. The third kappa shape index (κ3) is 5.16. The molecule has 0 bridgehead atoms. The van der Waals surface area contributed by atoms with E-state index in [1.165, 1.54) is 9.75 Å². The van der Waals surface area contributed by atoms with Crippen LogP contribution >= 0.6 is 11.3 Å². The Hall–Kier alpha value is -2.21. The molecule has 24 heavy (non-hydrogen) atoms. The number of rotatable bonds is 8. The van der Waals surface area contributed by atoms with Gasteiger partial charge in [-0.05, 0) is 42.7 Å². The van der Waals surface area contributed by atoms with Crippen molar-refractivity contribution >= 4 is 17.4 Å². The lowest BCUT2D eigenvalue weighted by Gasteiger charge is -2.10. The number of urea groups is 1. The average molecular weight is 348 g/mol. The number of carbonyl (C=O) groups is 1. The van der Waals surface area contributed by atoms with Crippen LogP contribution in [0.4, 0.5) is 4.79 Å². The van der Waals surface area contributed by atoms with Crippen LogP contribution in [0.15, 0.2) is 30.3 Å². The number of thiophene rings is 1. The second-order valence-corrected chi connectivity index (χ2v) is 6.52. The van der Waals surface area contributed by atoms with E-state index in [0.29, 0.717) is 24.6 Å². The van der Waals surface area contributed by atoms with Crippen molar-refractivity contribution in [3.05, 3.63) is 45.6 Å². The minimum absolute atomic E-state index is 0.151. The Balaban J connectivity index is 1.74. The molecule has 2 rings (SSSR count). The van der Waals surface area contributed by atoms with Gasteiger partial charge >= 0.3 is 6.03 Å². The van der Waals surface area contributed by atoms with Gasteiger partial charge in [-0.25, -0.2) is 4.79 Å². The number of methoxy groups -OCH3 is 2.